The summed E-state index contributed by atoms with van der Waals surface area (Å²) in [5.41, 5.74) is 11.8. The molecule has 2 N–H and O–H groups in total. The summed E-state index contributed by atoms with van der Waals surface area (Å²) in [6.45, 7) is 8.81. The van der Waals surface area contributed by atoms with Gasteiger partial charge in [0.2, 0.25) is 0 Å². The molecule has 2 aromatic rings. The minimum atomic E-state index is -0.101. The van der Waals surface area contributed by atoms with Crippen molar-refractivity contribution in [1.29, 1.82) is 0 Å². The molecule has 0 aliphatic carbocycles. The van der Waals surface area contributed by atoms with E-state index >= 15 is 0 Å². The molecule has 2 heteroatoms. The van der Waals surface area contributed by atoms with Crippen molar-refractivity contribution in [2.45, 2.75) is 33.8 Å². The van der Waals surface area contributed by atoms with Gasteiger partial charge >= 0.3 is 0 Å². The third-order valence-electron chi connectivity index (χ3n) is 3.53. The van der Waals surface area contributed by atoms with Gasteiger partial charge < -0.3 is 10.5 Å². The monoisotopic (exact) mass is 269 g/mol. The van der Waals surface area contributed by atoms with Gasteiger partial charge in [-0.2, -0.15) is 0 Å². The van der Waals surface area contributed by atoms with E-state index in [9.17, 15) is 0 Å². The second-order valence-electron chi connectivity index (χ2n) is 5.48. The van der Waals surface area contributed by atoms with Crippen molar-refractivity contribution < 1.29 is 4.74 Å². The Labute approximate surface area is 121 Å². The average Bonchev–Trinajstić information content (AvgIpc) is 2.39. The van der Waals surface area contributed by atoms with Gasteiger partial charge in [0, 0.05) is 6.54 Å². The summed E-state index contributed by atoms with van der Waals surface area (Å²) in [6.07, 6.45) is -0.101. The fourth-order valence-corrected chi connectivity index (χ4v) is 2.53. The first-order valence-electron chi connectivity index (χ1n) is 7.02. The van der Waals surface area contributed by atoms with Crippen molar-refractivity contribution in [2.75, 3.05) is 6.54 Å². The van der Waals surface area contributed by atoms with E-state index < -0.39 is 0 Å². The number of rotatable bonds is 4. The van der Waals surface area contributed by atoms with Crippen LogP contribution in [0.1, 0.15) is 33.9 Å². The van der Waals surface area contributed by atoms with E-state index in [-0.39, 0.29) is 6.10 Å². The summed E-state index contributed by atoms with van der Waals surface area (Å²) in [5.74, 6) is 0.951. The molecule has 0 heterocycles. The van der Waals surface area contributed by atoms with Crippen LogP contribution in [0.4, 0.5) is 0 Å². The first-order chi connectivity index (χ1) is 9.51. The molecule has 0 aliphatic heterocycles. The molecular formula is C18H23NO. The van der Waals surface area contributed by atoms with Gasteiger partial charge in [-0.25, -0.2) is 0 Å². The van der Waals surface area contributed by atoms with Crippen molar-refractivity contribution in [3.05, 3.63) is 64.2 Å². The van der Waals surface area contributed by atoms with Gasteiger partial charge in [-0.05, 0) is 44.4 Å². The molecule has 2 aromatic carbocycles. The zero-order valence-corrected chi connectivity index (χ0v) is 12.7. The Morgan fingerprint density at radius 1 is 0.900 bits per heavy atom. The van der Waals surface area contributed by atoms with Crippen LogP contribution in [0, 0.1) is 27.7 Å². The maximum absolute atomic E-state index is 6.18. The van der Waals surface area contributed by atoms with Crippen LogP contribution in [0.3, 0.4) is 0 Å². The fourth-order valence-electron chi connectivity index (χ4n) is 2.53. The highest BCUT2D eigenvalue weighted by Gasteiger charge is 2.14. The smallest absolute Gasteiger partial charge is 0.136 e. The lowest BCUT2D eigenvalue weighted by Crippen LogP contribution is -2.19. The molecular weight excluding hydrogens is 246 g/mol. The second-order valence-corrected chi connectivity index (χ2v) is 5.48. The summed E-state index contributed by atoms with van der Waals surface area (Å²) in [5, 5.41) is 0. The zero-order chi connectivity index (χ0) is 14.7. The first-order valence-corrected chi connectivity index (χ1v) is 7.02. The predicted octanol–water partition coefficient (Wildman–Crippen LogP) is 4.00. The van der Waals surface area contributed by atoms with Gasteiger partial charge in [-0.3, -0.25) is 0 Å². The molecule has 1 atom stereocenters. The van der Waals surface area contributed by atoms with E-state index in [0.29, 0.717) is 6.54 Å². The van der Waals surface area contributed by atoms with Crippen molar-refractivity contribution >= 4 is 0 Å². The van der Waals surface area contributed by atoms with Gasteiger partial charge in [0.25, 0.3) is 0 Å². The lowest BCUT2D eigenvalue weighted by atomic mass is 10.0. The second kappa shape index (κ2) is 6.10. The molecule has 0 aliphatic rings. The van der Waals surface area contributed by atoms with Crippen LogP contribution in [0.15, 0.2) is 36.4 Å². The van der Waals surface area contributed by atoms with Crippen LogP contribution in [0.25, 0.3) is 0 Å². The third-order valence-corrected chi connectivity index (χ3v) is 3.53. The molecule has 0 saturated carbocycles. The quantitative estimate of drug-likeness (QED) is 0.910. The number of ether oxygens (including phenoxy) is 1. The van der Waals surface area contributed by atoms with Crippen molar-refractivity contribution in [3.63, 3.8) is 0 Å². The van der Waals surface area contributed by atoms with Crippen molar-refractivity contribution in [3.8, 4) is 5.75 Å². The van der Waals surface area contributed by atoms with Crippen LogP contribution in [0.2, 0.25) is 0 Å². The molecule has 0 bridgehead atoms. The number of benzene rings is 2. The Bertz CT molecular complexity index is 564. The van der Waals surface area contributed by atoms with Crippen LogP contribution in [-0.4, -0.2) is 6.54 Å². The maximum atomic E-state index is 6.18. The minimum absolute atomic E-state index is 0.101. The lowest BCUT2D eigenvalue weighted by Gasteiger charge is -2.21. The zero-order valence-electron chi connectivity index (χ0n) is 12.7. The molecule has 0 amide bonds. The Balaban J connectivity index is 2.29. The highest BCUT2D eigenvalue weighted by atomic mass is 16.5. The van der Waals surface area contributed by atoms with Crippen molar-refractivity contribution in [1.82, 2.24) is 0 Å². The minimum Gasteiger partial charge on any atom is -0.484 e. The number of hydrogen-bond acceptors (Lipinski definition) is 2. The highest BCUT2D eigenvalue weighted by Crippen LogP contribution is 2.29. The highest BCUT2D eigenvalue weighted by molar-refractivity contribution is 5.43. The fraction of sp³-hybridized carbons (Fsp3) is 0.333. The lowest BCUT2D eigenvalue weighted by molar-refractivity contribution is 0.211. The van der Waals surface area contributed by atoms with E-state index in [1.807, 2.05) is 0 Å². The molecule has 106 valence electrons. The Morgan fingerprint density at radius 3 is 1.95 bits per heavy atom. The Hall–Kier alpha value is -1.80. The first kappa shape index (κ1) is 14.6. The van der Waals surface area contributed by atoms with Crippen LogP contribution >= 0.6 is 0 Å². The van der Waals surface area contributed by atoms with Gasteiger partial charge in [-0.15, -0.1) is 0 Å². The van der Waals surface area contributed by atoms with Crippen LogP contribution in [0.5, 0.6) is 5.75 Å². The topological polar surface area (TPSA) is 35.2 Å². The Kier molecular flexibility index (Phi) is 4.46. The third kappa shape index (κ3) is 3.20. The van der Waals surface area contributed by atoms with E-state index in [1.165, 1.54) is 11.1 Å². The maximum Gasteiger partial charge on any atom is 0.136 e. The van der Waals surface area contributed by atoms with E-state index in [1.54, 1.807) is 0 Å². The predicted molar refractivity (Wildman–Crippen MR) is 84.3 cm³/mol. The molecule has 0 spiro atoms. The van der Waals surface area contributed by atoms with E-state index in [0.717, 1.165) is 22.4 Å². The molecule has 1 unspecified atom stereocenters. The standard InChI is InChI=1S/C18H23NO/c1-12-5-7-16(8-6-12)17(11-19)20-18-14(3)9-13(2)10-15(18)4/h5-10,17H,11,19H2,1-4H3. The summed E-state index contributed by atoms with van der Waals surface area (Å²) in [7, 11) is 0. The van der Waals surface area contributed by atoms with E-state index in [2.05, 4.69) is 64.1 Å². The van der Waals surface area contributed by atoms with E-state index in [4.69, 9.17) is 10.5 Å². The van der Waals surface area contributed by atoms with Gasteiger partial charge in [0.05, 0.1) is 0 Å². The number of aryl methyl sites for hydroxylation is 4. The molecule has 0 aromatic heterocycles. The van der Waals surface area contributed by atoms with Gasteiger partial charge in [0.1, 0.15) is 11.9 Å². The summed E-state index contributed by atoms with van der Waals surface area (Å²) in [6, 6.07) is 12.7. The SMILES string of the molecule is Cc1ccc(C(CN)Oc2c(C)cc(C)cc2C)cc1. The van der Waals surface area contributed by atoms with Gasteiger partial charge in [-0.1, -0.05) is 47.5 Å². The molecule has 0 radical (unpaired) electrons. The van der Waals surface area contributed by atoms with Crippen LogP contribution < -0.4 is 10.5 Å². The molecule has 2 rings (SSSR count). The molecule has 2 nitrogen and oxygen atoms in total. The van der Waals surface area contributed by atoms with Crippen LogP contribution in [-0.2, 0) is 0 Å². The largest absolute Gasteiger partial charge is 0.484 e. The summed E-state index contributed by atoms with van der Waals surface area (Å²) in [4.78, 5) is 0. The summed E-state index contributed by atoms with van der Waals surface area (Å²) >= 11 is 0. The normalized spacial score (nSPS) is 12.2. The molecule has 0 saturated heterocycles. The van der Waals surface area contributed by atoms with Crippen molar-refractivity contribution in [2.24, 2.45) is 5.73 Å². The Morgan fingerprint density at radius 2 is 1.45 bits per heavy atom. The molecule has 0 fully saturated rings. The van der Waals surface area contributed by atoms with Gasteiger partial charge in [0.15, 0.2) is 0 Å². The average molecular weight is 269 g/mol. The summed E-state index contributed by atoms with van der Waals surface area (Å²) < 4.78 is 6.18. The number of nitrogens with two attached hydrogens (primary N) is 1. The molecule has 20 heavy (non-hydrogen) atoms. The number of hydrogen-bond donors (Lipinski definition) is 1.